The quantitative estimate of drug-likeness (QED) is 0.0141. The van der Waals surface area contributed by atoms with Crippen molar-refractivity contribution in [2.24, 2.45) is 10.7 Å². The van der Waals surface area contributed by atoms with E-state index in [-0.39, 0.29) is 38.4 Å². The van der Waals surface area contributed by atoms with Crippen LogP contribution in [-0.2, 0) is 66.5 Å². The van der Waals surface area contributed by atoms with Gasteiger partial charge in [0.25, 0.3) is 0 Å². The number of carbonyl (C=O) groups excluding carboxylic acids is 3. The number of halogens is 4. The third kappa shape index (κ3) is 39.6. The Morgan fingerprint density at radius 3 is 1.49 bits per heavy atom. The number of benzene rings is 1. The van der Waals surface area contributed by atoms with E-state index in [1.54, 1.807) is 14.0 Å². The van der Waals surface area contributed by atoms with E-state index in [1.165, 1.54) is 5.57 Å². The van der Waals surface area contributed by atoms with Crippen molar-refractivity contribution in [2.45, 2.75) is 46.5 Å². The van der Waals surface area contributed by atoms with Crippen molar-refractivity contribution in [1.29, 1.82) is 0 Å². The van der Waals surface area contributed by atoms with Crippen molar-refractivity contribution < 1.29 is 93.9 Å². The molecule has 1 aromatic heterocycles. The Morgan fingerprint density at radius 2 is 1.11 bits per heavy atom. The molecule has 450 valence electrons. The average Bonchev–Trinajstić information content (AvgIpc) is 3.60. The first-order valence-electron chi connectivity index (χ1n) is 25.9. The van der Waals surface area contributed by atoms with Gasteiger partial charge in [0, 0.05) is 52.2 Å². The van der Waals surface area contributed by atoms with Gasteiger partial charge in [-0.05, 0) is 32.4 Å². The van der Waals surface area contributed by atoms with Gasteiger partial charge in [0.15, 0.2) is 11.6 Å². The number of morpholine rings is 1. The largest absolute Gasteiger partial charge is 0.420 e. The van der Waals surface area contributed by atoms with E-state index in [9.17, 15) is 31.9 Å². The lowest BCUT2D eigenvalue weighted by molar-refractivity contribution is -0.136. The number of hydrogen-bond acceptors (Lipinski definition) is 20. The van der Waals surface area contributed by atoms with Crippen molar-refractivity contribution in [1.82, 2.24) is 15.6 Å². The highest BCUT2D eigenvalue weighted by Gasteiger charge is 2.23. The van der Waals surface area contributed by atoms with E-state index in [4.69, 9.17) is 62.9 Å². The number of nitrogens with two attached hydrogens (primary N) is 1. The number of nitrogens with one attached hydrogen (secondary N) is 2. The summed E-state index contributed by atoms with van der Waals surface area (Å²) in [6.07, 6.45) is 14.3. The van der Waals surface area contributed by atoms with Crippen LogP contribution in [0.4, 0.5) is 28.9 Å². The Hall–Kier alpha value is -5.41. The molecule has 0 radical (unpaired) electrons. The van der Waals surface area contributed by atoms with Crippen LogP contribution in [0.1, 0.15) is 52.1 Å². The van der Waals surface area contributed by atoms with Crippen molar-refractivity contribution in [3.05, 3.63) is 52.9 Å². The topological polar surface area (TPSA) is 261 Å². The molecule has 2 aromatic rings. The molecule has 2 aliphatic rings. The van der Waals surface area contributed by atoms with Crippen LogP contribution in [0.25, 0.3) is 6.08 Å². The monoisotopic (exact) mass is 1140 g/mol. The fourth-order valence-electron chi connectivity index (χ4n) is 5.95. The Bertz CT molecular complexity index is 1940. The normalized spacial score (nSPS) is 12.5. The summed E-state index contributed by atoms with van der Waals surface area (Å²) < 4.78 is 117. The number of ether oxygens (including phenoxy) is 12. The summed E-state index contributed by atoms with van der Waals surface area (Å²) in [7, 11) is 1.59. The van der Waals surface area contributed by atoms with Crippen LogP contribution in [-0.4, -0.2) is 213 Å². The molecule has 4 rings (SSSR count). The molecule has 0 unspecified atom stereocenters. The van der Waals surface area contributed by atoms with Gasteiger partial charge in [0.05, 0.1) is 175 Å². The Balaban J connectivity index is 0.00000163. The van der Waals surface area contributed by atoms with Crippen LogP contribution in [0.3, 0.4) is 0 Å². The van der Waals surface area contributed by atoms with E-state index < -0.39 is 41.4 Å². The number of carbonyl (C=O) groups is 3. The summed E-state index contributed by atoms with van der Waals surface area (Å²) in [5, 5.41) is 12.6. The van der Waals surface area contributed by atoms with Crippen LogP contribution in [0.2, 0.25) is 0 Å². The van der Waals surface area contributed by atoms with Gasteiger partial charge in [-0.25, -0.2) is 13.8 Å². The molecule has 0 bridgehead atoms. The molecule has 1 saturated heterocycles. The lowest BCUT2D eigenvalue weighted by Gasteiger charge is -2.28. The maximum absolute atomic E-state index is 13.5. The molecule has 1 fully saturated rings. The van der Waals surface area contributed by atoms with Gasteiger partial charge in [-0.3, -0.25) is 19.4 Å². The van der Waals surface area contributed by atoms with Crippen LogP contribution >= 0.6 is 0 Å². The van der Waals surface area contributed by atoms with E-state index >= 15 is 0 Å². The molecule has 22 nitrogen and oxygen atoms in total. The third-order valence-electron chi connectivity index (χ3n) is 9.68. The molecular formula is C53H84F4N6O16. The Kier molecular flexibility index (Phi) is 48.4. The summed E-state index contributed by atoms with van der Waals surface area (Å²) in [5.41, 5.74) is 9.95. The number of esters is 1. The third-order valence-corrected chi connectivity index (χ3v) is 9.68. The minimum absolute atomic E-state index is 0.0160. The molecule has 2 amide bonds. The summed E-state index contributed by atoms with van der Waals surface area (Å²) in [6.45, 7) is 17.4. The van der Waals surface area contributed by atoms with Gasteiger partial charge < -0.3 is 83.2 Å². The number of amidine groups is 1. The molecule has 0 spiro atoms. The Labute approximate surface area is 462 Å². The fraction of sp³-hybridized carbons (Fsp3) is 0.642. The zero-order chi connectivity index (χ0) is 58.6. The molecule has 2 aliphatic heterocycles. The smallest absolute Gasteiger partial charge is 0.313 e. The second kappa shape index (κ2) is 52.0. The standard InChI is InChI=1S/C31H49F4NO13.C14H18N4O.C4H9NO.C2H6O.C2H2/c1-36-27(37)2-4-39-6-8-41-10-12-43-14-16-45-18-20-47-22-23-48-21-19-46-17-15-44-13-11-42-9-7-40-5-3-28(38)49-31-29(34)25(32)24-26(33)30(31)35;1-10-6-12-13(17-14(15)7-10)8-11(9-16-12)18-2-4-19-5-3-18;1-2-3-5-4-6;1-2-3;1-2/h24H,2-23H2,1H3,(H,36,37);6,8-9H,2-5,7H2,1H3,(H2,15,17);4H,2-3H2,1H3,(H,5,6);3H,2H2,1H3;1-2H. The van der Waals surface area contributed by atoms with Gasteiger partial charge in [-0.2, -0.15) is 8.78 Å². The average molecular weight is 1140 g/mol. The number of aliphatic hydroxyl groups excluding tert-OH is 1. The lowest BCUT2D eigenvalue weighted by atomic mass is 10.1. The molecule has 79 heavy (non-hydrogen) atoms. The number of amides is 2. The highest BCUT2D eigenvalue weighted by atomic mass is 19.2. The minimum Gasteiger partial charge on any atom is -0.420 e. The second-order valence-corrected chi connectivity index (χ2v) is 15.9. The predicted molar refractivity (Wildman–Crippen MR) is 287 cm³/mol. The van der Waals surface area contributed by atoms with Crippen LogP contribution in [0.5, 0.6) is 5.75 Å². The van der Waals surface area contributed by atoms with Gasteiger partial charge in [0.1, 0.15) is 5.84 Å². The number of nitrogens with zero attached hydrogens (tertiary/aromatic N) is 3. The predicted octanol–water partition coefficient (Wildman–Crippen LogP) is 3.94. The van der Waals surface area contributed by atoms with Crippen molar-refractivity contribution in [3.63, 3.8) is 0 Å². The summed E-state index contributed by atoms with van der Waals surface area (Å²) in [4.78, 5) is 43.4. The first-order valence-corrected chi connectivity index (χ1v) is 25.9. The van der Waals surface area contributed by atoms with Crippen LogP contribution < -0.4 is 26.0 Å². The maximum Gasteiger partial charge on any atom is 0.313 e. The molecule has 0 aliphatic carbocycles. The number of hydrogen-bond donors (Lipinski definition) is 4. The van der Waals surface area contributed by atoms with E-state index in [0.717, 1.165) is 56.3 Å². The molecule has 1 aromatic carbocycles. The second-order valence-electron chi connectivity index (χ2n) is 15.9. The maximum atomic E-state index is 13.5. The van der Waals surface area contributed by atoms with Crippen LogP contribution in [0, 0.1) is 36.1 Å². The zero-order valence-electron chi connectivity index (χ0n) is 46.3. The number of aliphatic imine (C=N–C) groups is 1. The van der Waals surface area contributed by atoms with Gasteiger partial charge >= 0.3 is 5.97 Å². The van der Waals surface area contributed by atoms with Crippen molar-refractivity contribution in [2.75, 3.05) is 184 Å². The lowest BCUT2D eigenvalue weighted by Crippen LogP contribution is -2.36. The summed E-state index contributed by atoms with van der Waals surface area (Å²) in [6, 6.07) is 2.08. The van der Waals surface area contributed by atoms with E-state index in [0.29, 0.717) is 137 Å². The highest BCUT2D eigenvalue weighted by molar-refractivity contribution is 5.89. The first-order chi connectivity index (χ1) is 38.4. The fourth-order valence-corrected chi connectivity index (χ4v) is 5.95. The number of pyridine rings is 1. The van der Waals surface area contributed by atoms with Gasteiger partial charge in [-0.15, -0.1) is 12.8 Å². The first kappa shape index (κ1) is 73.6. The Morgan fingerprint density at radius 1 is 0.709 bits per heavy atom. The molecule has 26 heteroatoms. The number of aliphatic hydroxyl groups is 1. The number of rotatable bonds is 38. The van der Waals surface area contributed by atoms with Crippen molar-refractivity contribution in [3.8, 4) is 18.6 Å². The molecule has 5 N–H and O–H groups in total. The van der Waals surface area contributed by atoms with E-state index in [1.807, 2.05) is 13.1 Å². The molecule has 0 atom stereocenters. The van der Waals surface area contributed by atoms with Crippen LogP contribution in [0.15, 0.2) is 28.9 Å². The number of anilines is 1. The summed E-state index contributed by atoms with van der Waals surface area (Å²) in [5.74, 6) is -8.90. The zero-order valence-corrected chi connectivity index (χ0v) is 46.3. The van der Waals surface area contributed by atoms with Gasteiger partial charge in [-0.1, -0.05) is 12.5 Å². The number of fused-ring (bicyclic) bond motifs is 1. The van der Waals surface area contributed by atoms with E-state index in [2.05, 4.69) is 62.2 Å². The molecular weight excluding hydrogens is 1050 g/mol. The highest BCUT2D eigenvalue weighted by Crippen LogP contribution is 2.29. The summed E-state index contributed by atoms with van der Waals surface area (Å²) >= 11 is 0. The number of terminal acetylenes is 1. The molecule has 3 heterocycles. The SMILES string of the molecule is C#C.CC1=Cc2ncc(N3CCOCC3)cc2N=C(N)C1.CCCNC=O.CCO.CNC(=O)CCOCCOCCOCCOCCOCCOCCOCCOCCOCCOCCC(=O)Oc1c(F)c(F)cc(F)c1F. The number of aromatic nitrogens is 1. The van der Waals surface area contributed by atoms with Crippen molar-refractivity contribution >= 4 is 41.6 Å². The minimum atomic E-state index is -1.80. The van der Waals surface area contributed by atoms with Gasteiger partial charge in [0.2, 0.25) is 29.7 Å². The molecule has 0 saturated carbocycles.